The van der Waals surface area contributed by atoms with Crippen molar-refractivity contribution in [2.45, 2.75) is 53.4 Å². The first kappa shape index (κ1) is 14.2. The lowest BCUT2D eigenvalue weighted by molar-refractivity contribution is -0.138. The molecule has 0 aliphatic heterocycles. The van der Waals surface area contributed by atoms with Gasteiger partial charge < -0.3 is 4.74 Å². The highest BCUT2D eigenvalue weighted by Crippen LogP contribution is 2.14. The van der Waals surface area contributed by atoms with Crippen LogP contribution in [0, 0.1) is 5.92 Å². The van der Waals surface area contributed by atoms with Gasteiger partial charge in [0.05, 0.1) is 6.61 Å². The molecule has 0 N–H and O–H groups in total. The first-order valence-corrected chi connectivity index (χ1v) is 6.03. The van der Waals surface area contributed by atoms with E-state index in [0.29, 0.717) is 12.5 Å². The lowest BCUT2D eigenvalue weighted by Crippen LogP contribution is -2.09. The van der Waals surface area contributed by atoms with Gasteiger partial charge in [0.2, 0.25) is 0 Å². The van der Waals surface area contributed by atoms with Crippen molar-refractivity contribution in [2.24, 2.45) is 5.92 Å². The van der Waals surface area contributed by atoms with Crippen LogP contribution in [0.5, 0.6) is 0 Å². The molecule has 0 amide bonds. The molecule has 2 nitrogen and oxygen atoms in total. The van der Waals surface area contributed by atoms with E-state index in [-0.39, 0.29) is 5.97 Å². The Balaban J connectivity index is 4.41. The van der Waals surface area contributed by atoms with Crippen LogP contribution in [0.3, 0.4) is 0 Å². The van der Waals surface area contributed by atoms with Crippen molar-refractivity contribution < 1.29 is 9.53 Å². The first-order valence-electron chi connectivity index (χ1n) is 6.03. The molecule has 0 saturated heterocycles. The predicted molar refractivity (Wildman–Crippen MR) is 63.7 cm³/mol. The van der Waals surface area contributed by atoms with E-state index in [9.17, 15) is 4.79 Å². The summed E-state index contributed by atoms with van der Waals surface area (Å²) >= 11 is 0. The molecular weight excluding hydrogens is 188 g/mol. The van der Waals surface area contributed by atoms with Crippen LogP contribution in [-0.4, -0.2) is 12.6 Å². The van der Waals surface area contributed by atoms with Gasteiger partial charge in [0, 0.05) is 5.57 Å². The molecule has 2 heteroatoms. The summed E-state index contributed by atoms with van der Waals surface area (Å²) in [6.07, 6.45) is 6.14. The second kappa shape index (κ2) is 8.51. The number of rotatable bonds is 7. The summed E-state index contributed by atoms with van der Waals surface area (Å²) < 4.78 is 5.04. The zero-order chi connectivity index (χ0) is 11.7. The fourth-order valence-corrected chi connectivity index (χ4v) is 1.31. The molecule has 0 aliphatic carbocycles. The molecule has 0 aromatic heterocycles. The zero-order valence-electron chi connectivity index (χ0n) is 10.5. The fraction of sp³-hybridized carbons (Fsp3) is 0.769. The highest BCUT2D eigenvalue weighted by atomic mass is 16.5. The molecule has 15 heavy (non-hydrogen) atoms. The Labute approximate surface area is 93.7 Å². The van der Waals surface area contributed by atoms with E-state index in [1.165, 1.54) is 0 Å². The molecule has 0 heterocycles. The molecule has 0 saturated carbocycles. The molecule has 0 fully saturated rings. The molecule has 88 valence electrons. The highest BCUT2D eigenvalue weighted by Gasteiger charge is 2.10. The highest BCUT2D eigenvalue weighted by molar-refractivity contribution is 5.88. The van der Waals surface area contributed by atoms with Gasteiger partial charge in [-0.2, -0.15) is 0 Å². The van der Waals surface area contributed by atoms with E-state index in [1.54, 1.807) is 0 Å². The minimum atomic E-state index is -0.133. The van der Waals surface area contributed by atoms with Gasteiger partial charge in [-0.3, -0.25) is 0 Å². The SMILES string of the molecule is CCCCC(=CC(C)CC)C(=O)OCC. The molecule has 0 aromatic rings. The number of hydrogen-bond acceptors (Lipinski definition) is 2. The fourth-order valence-electron chi connectivity index (χ4n) is 1.31. The summed E-state index contributed by atoms with van der Waals surface area (Å²) in [5.41, 5.74) is 0.855. The number of carbonyl (C=O) groups excluding carboxylic acids is 1. The van der Waals surface area contributed by atoms with Crippen LogP contribution in [0.4, 0.5) is 0 Å². The lowest BCUT2D eigenvalue weighted by atomic mass is 10.0. The summed E-state index contributed by atoms with van der Waals surface area (Å²) in [6.45, 7) is 8.70. The van der Waals surface area contributed by atoms with Gasteiger partial charge in [-0.15, -0.1) is 0 Å². The Morgan fingerprint density at radius 3 is 2.47 bits per heavy atom. The maximum atomic E-state index is 11.6. The van der Waals surface area contributed by atoms with Crippen LogP contribution >= 0.6 is 0 Å². The topological polar surface area (TPSA) is 26.3 Å². The van der Waals surface area contributed by atoms with Gasteiger partial charge in [0.1, 0.15) is 0 Å². The monoisotopic (exact) mass is 212 g/mol. The molecule has 1 unspecified atom stereocenters. The normalized spacial score (nSPS) is 13.7. The van der Waals surface area contributed by atoms with Gasteiger partial charge in [0.25, 0.3) is 0 Å². The number of carbonyl (C=O) groups is 1. The zero-order valence-corrected chi connectivity index (χ0v) is 10.5. The number of esters is 1. The van der Waals surface area contributed by atoms with E-state index in [1.807, 2.05) is 6.92 Å². The van der Waals surface area contributed by atoms with Gasteiger partial charge in [-0.25, -0.2) is 4.79 Å². The number of hydrogen-bond donors (Lipinski definition) is 0. The van der Waals surface area contributed by atoms with E-state index in [2.05, 4.69) is 26.8 Å². The van der Waals surface area contributed by atoms with Crippen LogP contribution < -0.4 is 0 Å². The first-order chi connectivity index (χ1) is 7.15. The van der Waals surface area contributed by atoms with Crippen LogP contribution in [0.2, 0.25) is 0 Å². The van der Waals surface area contributed by atoms with Crippen LogP contribution in [-0.2, 0) is 9.53 Å². The average Bonchev–Trinajstić information content (AvgIpc) is 2.24. The van der Waals surface area contributed by atoms with Crippen molar-refractivity contribution in [3.8, 4) is 0 Å². The Morgan fingerprint density at radius 1 is 1.33 bits per heavy atom. The smallest absolute Gasteiger partial charge is 0.333 e. The molecule has 0 aromatic carbocycles. The van der Waals surface area contributed by atoms with Crippen molar-refractivity contribution in [1.82, 2.24) is 0 Å². The molecule has 0 aliphatic rings. The van der Waals surface area contributed by atoms with Crippen LogP contribution in [0.15, 0.2) is 11.6 Å². The number of ether oxygens (including phenoxy) is 1. The second-order valence-electron chi connectivity index (χ2n) is 3.90. The molecule has 1 atom stereocenters. The van der Waals surface area contributed by atoms with Gasteiger partial charge in [-0.05, 0) is 25.7 Å². The third-order valence-electron chi connectivity index (χ3n) is 2.47. The Bertz CT molecular complexity index is 207. The molecular formula is C13H24O2. The van der Waals surface area contributed by atoms with E-state index in [4.69, 9.17) is 4.74 Å². The molecule has 0 radical (unpaired) electrons. The number of unbranched alkanes of at least 4 members (excludes halogenated alkanes) is 1. The summed E-state index contributed by atoms with van der Waals surface area (Å²) in [4.78, 5) is 11.6. The largest absolute Gasteiger partial charge is 0.463 e. The maximum Gasteiger partial charge on any atom is 0.333 e. The maximum absolute atomic E-state index is 11.6. The quantitative estimate of drug-likeness (QED) is 0.475. The van der Waals surface area contributed by atoms with Crippen molar-refractivity contribution >= 4 is 5.97 Å². The van der Waals surface area contributed by atoms with Gasteiger partial charge >= 0.3 is 5.97 Å². The number of allylic oxidation sites excluding steroid dienone is 1. The van der Waals surface area contributed by atoms with Crippen LogP contribution in [0.25, 0.3) is 0 Å². The van der Waals surface area contributed by atoms with Crippen molar-refractivity contribution in [3.63, 3.8) is 0 Å². The third kappa shape index (κ3) is 6.32. The summed E-state index contributed by atoms with van der Waals surface area (Å²) in [7, 11) is 0. The van der Waals surface area contributed by atoms with Crippen molar-refractivity contribution in [1.29, 1.82) is 0 Å². The molecule has 0 bridgehead atoms. The Kier molecular flexibility index (Phi) is 8.06. The van der Waals surface area contributed by atoms with Gasteiger partial charge in [0.15, 0.2) is 0 Å². The van der Waals surface area contributed by atoms with Crippen molar-refractivity contribution in [3.05, 3.63) is 11.6 Å². The van der Waals surface area contributed by atoms with Gasteiger partial charge in [-0.1, -0.05) is 39.7 Å². The summed E-state index contributed by atoms with van der Waals surface area (Å²) in [6, 6.07) is 0. The second-order valence-corrected chi connectivity index (χ2v) is 3.90. The minimum absolute atomic E-state index is 0.133. The summed E-state index contributed by atoms with van der Waals surface area (Å²) in [5, 5.41) is 0. The third-order valence-corrected chi connectivity index (χ3v) is 2.47. The summed E-state index contributed by atoms with van der Waals surface area (Å²) in [5.74, 6) is 0.326. The Hall–Kier alpha value is -0.790. The van der Waals surface area contributed by atoms with Crippen LogP contribution in [0.1, 0.15) is 53.4 Å². The minimum Gasteiger partial charge on any atom is -0.463 e. The standard InChI is InChI=1S/C13H24O2/c1-5-8-9-12(10-11(4)6-2)13(14)15-7-3/h10-11H,5-9H2,1-4H3. The Morgan fingerprint density at radius 2 is 2.00 bits per heavy atom. The van der Waals surface area contributed by atoms with Crippen molar-refractivity contribution in [2.75, 3.05) is 6.61 Å². The lowest BCUT2D eigenvalue weighted by Gasteiger charge is -2.09. The van der Waals surface area contributed by atoms with E-state index < -0.39 is 0 Å². The van der Waals surface area contributed by atoms with E-state index in [0.717, 1.165) is 31.3 Å². The molecule has 0 spiro atoms. The molecule has 0 rings (SSSR count). The average molecular weight is 212 g/mol. The van der Waals surface area contributed by atoms with E-state index >= 15 is 0 Å². The predicted octanol–water partition coefficient (Wildman–Crippen LogP) is 3.71.